The van der Waals surface area contributed by atoms with Crippen molar-refractivity contribution in [2.75, 3.05) is 135 Å². The van der Waals surface area contributed by atoms with Gasteiger partial charge in [-0.1, -0.05) is 24.3 Å². The van der Waals surface area contributed by atoms with Crippen molar-refractivity contribution in [1.29, 1.82) is 0 Å². The minimum absolute atomic E-state index is 0.388. The molecule has 0 unspecified atom stereocenters. The predicted molar refractivity (Wildman–Crippen MR) is 255 cm³/mol. The summed E-state index contributed by atoms with van der Waals surface area (Å²) in [7, 11) is 0. The summed E-state index contributed by atoms with van der Waals surface area (Å²) in [6.07, 6.45) is 6.95. The van der Waals surface area contributed by atoms with Gasteiger partial charge in [0.15, 0.2) is 0 Å². The summed E-state index contributed by atoms with van der Waals surface area (Å²) >= 11 is 0. The van der Waals surface area contributed by atoms with E-state index in [1.54, 1.807) is 24.8 Å². The Morgan fingerprint density at radius 3 is 0.924 bits per heavy atom. The Morgan fingerprint density at radius 2 is 0.667 bits per heavy atom. The van der Waals surface area contributed by atoms with Crippen molar-refractivity contribution in [2.45, 2.75) is 27.7 Å². The average molecular weight is 901 g/mol. The second-order valence-electron chi connectivity index (χ2n) is 14.7. The second-order valence-corrected chi connectivity index (χ2v) is 14.7. The van der Waals surface area contributed by atoms with Crippen LogP contribution in [0.1, 0.15) is 27.7 Å². The molecule has 6 aromatic rings. The SMILES string of the molecule is CCN(CC)c1nc(N2CCOCCOCCN(c3nc(N(CC)CC)nc(N(c4ccccn4)c4ccccn4)n3)CCOCCOCC2)nc(N(c2ccccn2)c2ccccn2)n1. The molecule has 1 aliphatic rings. The van der Waals surface area contributed by atoms with Gasteiger partial charge < -0.3 is 38.5 Å². The Hall–Kier alpha value is -6.74. The van der Waals surface area contributed by atoms with E-state index in [0.29, 0.717) is 164 Å². The van der Waals surface area contributed by atoms with E-state index in [1.807, 2.05) is 82.6 Å². The van der Waals surface area contributed by atoms with Crippen LogP contribution in [0.15, 0.2) is 97.6 Å². The zero-order chi connectivity index (χ0) is 45.8. The molecule has 0 radical (unpaired) electrons. The molecule has 7 rings (SSSR count). The Balaban J connectivity index is 1.08. The molecule has 0 saturated carbocycles. The number of anilines is 10. The molecular weight excluding hydrogens is 841 g/mol. The van der Waals surface area contributed by atoms with Crippen LogP contribution in [0.25, 0.3) is 0 Å². The first kappa shape index (κ1) is 47.2. The first-order valence-electron chi connectivity index (χ1n) is 22.7. The van der Waals surface area contributed by atoms with E-state index in [9.17, 15) is 0 Å². The molecular formula is C46H60N16O4. The van der Waals surface area contributed by atoms with Gasteiger partial charge in [0, 0.05) is 77.1 Å². The molecule has 0 atom stereocenters. The van der Waals surface area contributed by atoms with Gasteiger partial charge in [-0.3, -0.25) is 0 Å². The largest absolute Gasteiger partial charge is 0.377 e. The molecule has 1 aliphatic heterocycles. The summed E-state index contributed by atoms with van der Waals surface area (Å²) < 4.78 is 24.7. The third-order valence-corrected chi connectivity index (χ3v) is 10.5. The summed E-state index contributed by atoms with van der Waals surface area (Å²) in [6, 6.07) is 22.8. The Morgan fingerprint density at radius 1 is 0.379 bits per heavy atom. The predicted octanol–water partition coefficient (Wildman–Crippen LogP) is 5.66. The fourth-order valence-electron chi connectivity index (χ4n) is 7.02. The molecule has 1 saturated heterocycles. The zero-order valence-corrected chi connectivity index (χ0v) is 38.3. The van der Waals surface area contributed by atoms with Crippen LogP contribution in [0, 0.1) is 0 Å². The molecule has 20 heteroatoms. The van der Waals surface area contributed by atoms with Crippen LogP contribution in [-0.2, 0) is 18.9 Å². The summed E-state index contributed by atoms with van der Waals surface area (Å²) in [5.41, 5.74) is 0. The van der Waals surface area contributed by atoms with Gasteiger partial charge in [-0.05, 0) is 76.2 Å². The van der Waals surface area contributed by atoms with E-state index in [0.717, 1.165) is 0 Å². The van der Waals surface area contributed by atoms with Gasteiger partial charge in [0.2, 0.25) is 35.7 Å². The lowest BCUT2D eigenvalue weighted by Gasteiger charge is -2.28. The number of aromatic nitrogens is 10. The number of hydrogen-bond acceptors (Lipinski definition) is 20. The van der Waals surface area contributed by atoms with Gasteiger partial charge >= 0.3 is 0 Å². The maximum Gasteiger partial charge on any atom is 0.243 e. The molecule has 1 fully saturated rings. The molecule has 66 heavy (non-hydrogen) atoms. The molecule has 20 nitrogen and oxygen atoms in total. The van der Waals surface area contributed by atoms with Crippen LogP contribution < -0.4 is 29.4 Å². The van der Waals surface area contributed by atoms with Crippen LogP contribution in [-0.4, -0.2) is 155 Å². The third kappa shape index (κ3) is 12.7. The van der Waals surface area contributed by atoms with Crippen molar-refractivity contribution in [3.63, 3.8) is 0 Å². The maximum atomic E-state index is 6.16. The average Bonchev–Trinajstić information content (AvgIpc) is 3.36. The zero-order valence-electron chi connectivity index (χ0n) is 38.3. The number of hydrogen-bond donors (Lipinski definition) is 0. The maximum absolute atomic E-state index is 6.16. The van der Waals surface area contributed by atoms with Gasteiger partial charge in [-0.2, -0.15) is 29.9 Å². The highest BCUT2D eigenvalue weighted by Crippen LogP contribution is 2.32. The first-order valence-corrected chi connectivity index (χ1v) is 22.7. The highest BCUT2D eigenvalue weighted by Gasteiger charge is 2.25. The highest BCUT2D eigenvalue weighted by atomic mass is 16.5. The van der Waals surface area contributed by atoms with Crippen molar-refractivity contribution in [3.05, 3.63) is 97.6 Å². The van der Waals surface area contributed by atoms with Crippen molar-refractivity contribution in [3.8, 4) is 0 Å². The first-order chi connectivity index (χ1) is 32.6. The quantitative estimate of drug-likeness (QED) is 0.130. The summed E-state index contributed by atoms with van der Waals surface area (Å²) in [5.74, 6) is 5.37. The van der Waals surface area contributed by atoms with Crippen molar-refractivity contribution in [2.24, 2.45) is 0 Å². The topological polar surface area (TPSA) is 185 Å². The molecule has 0 aliphatic carbocycles. The summed E-state index contributed by atoms with van der Waals surface area (Å²) in [6.45, 7) is 16.3. The molecule has 348 valence electrons. The van der Waals surface area contributed by atoms with E-state index in [4.69, 9.17) is 48.9 Å². The highest BCUT2D eigenvalue weighted by molar-refractivity contribution is 5.69. The number of pyridine rings is 4. The fraction of sp³-hybridized carbons (Fsp3) is 0.435. The Labute approximate surface area is 386 Å². The van der Waals surface area contributed by atoms with Gasteiger partial charge in [0.25, 0.3) is 0 Å². The minimum Gasteiger partial charge on any atom is -0.377 e. The van der Waals surface area contributed by atoms with Crippen molar-refractivity contribution < 1.29 is 18.9 Å². The molecule has 0 bridgehead atoms. The van der Waals surface area contributed by atoms with Crippen LogP contribution in [0.3, 0.4) is 0 Å². The van der Waals surface area contributed by atoms with Gasteiger partial charge in [0.1, 0.15) is 23.3 Å². The minimum atomic E-state index is 0.388. The van der Waals surface area contributed by atoms with Crippen molar-refractivity contribution >= 4 is 59.0 Å². The molecule has 6 aromatic heterocycles. The van der Waals surface area contributed by atoms with Crippen LogP contribution in [0.4, 0.5) is 59.0 Å². The number of nitrogens with zero attached hydrogens (tertiary/aromatic N) is 16. The van der Waals surface area contributed by atoms with Gasteiger partial charge in [-0.15, -0.1) is 0 Å². The lowest BCUT2D eigenvalue weighted by molar-refractivity contribution is 0.0433. The van der Waals surface area contributed by atoms with E-state index < -0.39 is 0 Å². The van der Waals surface area contributed by atoms with Gasteiger partial charge in [-0.25, -0.2) is 29.7 Å². The molecule has 0 N–H and O–H groups in total. The molecule has 0 spiro atoms. The van der Waals surface area contributed by atoms with E-state index in [-0.39, 0.29) is 0 Å². The fourth-order valence-corrected chi connectivity index (χ4v) is 7.02. The van der Waals surface area contributed by atoms with Crippen LogP contribution >= 0.6 is 0 Å². The lowest BCUT2D eigenvalue weighted by atomic mass is 10.4. The van der Waals surface area contributed by atoms with E-state index >= 15 is 0 Å². The Bertz CT molecular complexity index is 2040. The molecule has 0 aromatic carbocycles. The van der Waals surface area contributed by atoms with E-state index in [2.05, 4.69) is 67.2 Å². The standard InChI is InChI=1S/C46H60N16O4/c1-5-57(6-2)41-51-43(55-45(53-41)61(37-17-9-13-21-47-37)38-18-10-14-22-48-38)59-25-29-63-33-35-65-31-27-60(28-32-66-36-34-64-30-26-59)44-52-42(58(7-3)8-4)54-46(56-44)62(39-19-11-15-23-49-39)40-20-12-16-24-50-40/h9-24H,5-8,25-36H2,1-4H3. The monoisotopic (exact) mass is 900 g/mol. The third-order valence-electron chi connectivity index (χ3n) is 10.5. The number of rotatable bonds is 14. The molecule has 0 amide bonds. The van der Waals surface area contributed by atoms with Gasteiger partial charge in [0.05, 0.1) is 52.9 Å². The van der Waals surface area contributed by atoms with E-state index in [1.165, 1.54) is 0 Å². The smallest absolute Gasteiger partial charge is 0.243 e. The molecule has 7 heterocycles. The second kappa shape index (κ2) is 25.1. The number of ether oxygens (including phenoxy) is 4. The van der Waals surface area contributed by atoms with Crippen LogP contribution in [0.5, 0.6) is 0 Å². The summed E-state index contributed by atoms with van der Waals surface area (Å²) in [4.78, 5) is 60.6. The Kier molecular flexibility index (Phi) is 18.0. The summed E-state index contributed by atoms with van der Waals surface area (Å²) in [5, 5.41) is 0. The van der Waals surface area contributed by atoms with Crippen LogP contribution in [0.2, 0.25) is 0 Å². The normalized spacial score (nSPS) is 14.8. The van der Waals surface area contributed by atoms with Crippen molar-refractivity contribution in [1.82, 2.24) is 49.8 Å². The lowest BCUT2D eigenvalue weighted by Crippen LogP contribution is -2.36.